The molecule has 0 aliphatic carbocycles. The van der Waals surface area contributed by atoms with E-state index in [9.17, 15) is 4.79 Å². The van der Waals surface area contributed by atoms with E-state index in [-0.39, 0.29) is 5.78 Å². The minimum atomic E-state index is 0.133. The summed E-state index contributed by atoms with van der Waals surface area (Å²) in [6, 6.07) is 14.1. The number of aromatic nitrogens is 1. The van der Waals surface area contributed by atoms with Gasteiger partial charge in [0.05, 0.1) is 16.3 Å². The second-order valence-electron chi connectivity index (χ2n) is 5.99. The van der Waals surface area contributed by atoms with Crippen molar-refractivity contribution in [3.8, 4) is 21.6 Å². The maximum atomic E-state index is 11.3. The molecule has 128 valence electrons. The van der Waals surface area contributed by atoms with Gasteiger partial charge in [-0.15, -0.1) is 0 Å². The van der Waals surface area contributed by atoms with Gasteiger partial charge in [0.1, 0.15) is 5.78 Å². The molecular weight excluding hydrogens is 352 g/mol. The fraction of sp³-hybridized carbons (Fsp3) is 0.200. The molecule has 0 fully saturated rings. The number of hydrogen-bond acceptors (Lipinski definition) is 4. The van der Waals surface area contributed by atoms with E-state index in [1.54, 1.807) is 6.92 Å². The second kappa shape index (κ2) is 7.38. The first-order valence-corrected chi connectivity index (χ1v) is 9.17. The van der Waals surface area contributed by atoms with Gasteiger partial charge in [0, 0.05) is 24.1 Å². The monoisotopic (exact) mass is 370 g/mol. The summed E-state index contributed by atoms with van der Waals surface area (Å²) in [6.45, 7) is 3.59. The van der Waals surface area contributed by atoms with E-state index in [1.165, 1.54) is 11.5 Å². The molecule has 3 nitrogen and oxygen atoms in total. The summed E-state index contributed by atoms with van der Waals surface area (Å²) in [4.78, 5) is 12.4. The number of nitrogens with zero attached hydrogens (tertiary/aromatic N) is 1. The van der Waals surface area contributed by atoms with Crippen LogP contribution in [0.15, 0.2) is 42.5 Å². The van der Waals surface area contributed by atoms with Gasteiger partial charge in [0.15, 0.2) is 0 Å². The topological polar surface area (TPSA) is 42.0 Å². The van der Waals surface area contributed by atoms with E-state index < -0.39 is 0 Å². The van der Waals surface area contributed by atoms with Crippen LogP contribution in [0.5, 0.6) is 0 Å². The lowest BCUT2D eigenvalue weighted by molar-refractivity contribution is -0.116. The second-order valence-corrected chi connectivity index (χ2v) is 7.17. The lowest BCUT2D eigenvalue weighted by Gasteiger charge is -2.08. The summed E-state index contributed by atoms with van der Waals surface area (Å²) in [5.74, 6) is 0.133. The number of aryl methyl sites for hydroxylation is 1. The van der Waals surface area contributed by atoms with Crippen molar-refractivity contribution in [3.63, 3.8) is 0 Å². The number of carbonyl (C=O) groups is 1. The molecule has 0 amide bonds. The number of ketones is 1. The highest BCUT2D eigenvalue weighted by molar-refractivity contribution is 7.10. The molecular formula is C20H19ClN2OS. The molecule has 25 heavy (non-hydrogen) atoms. The summed E-state index contributed by atoms with van der Waals surface area (Å²) >= 11 is 7.92. The van der Waals surface area contributed by atoms with Crippen molar-refractivity contribution in [1.82, 2.24) is 4.37 Å². The lowest BCUT2D eigenvalue weighted by Crippen LogP contribution is -1.96. The van der Waals surface area contributed by atoms with Gasteiger partial charge in [0.2, 0.25) is 0 Å². The number of anilines is 1. The fourth-order valence-electron chi connectivity index (χ4n) is 2.85. The lowest BCUT2D eigenvalue weighted by atomic mass is 10.00. The van der Waals surface area contributed by atoms with E-state index >= 15 is 0 Å². The number of rotatable bonds is 5. The molecule has 0 saturated carbocycles. The van der Waals surface area contributed by atoms with Crippen molar-refractivity contribution in [2.24, 2.45) is 0 Å². The van der Waals surface area contributed by atoms with Crippen LogP contribution in [0.3, 0.4) is 0 Å². The Balaban J connectivity index is 1.91. The molecule has 1 N–H and O–H groups in total. The predicted molar refractivity (Wildman–Crippen MR) is 107 cm³/mol. The smallest absolute Gasteiger partial charge is 0.134 e. The Kier molecular flexibility index (Phi) is 5.21. The van der Waals surface area contributed by atoms with Gasteiger partial charge >= 0.3 is 0 Å². The van der Waals surface area contributed by atoms with Crippen molar-refractivity contribution in [1.29, 1.82) is 0 Å². The third-order valence-corrected chi connectivity index (χ3v) is 5.36. The SMILES string of the molecule is CNc1c(C)nsc1-c1ccc(-c2ccc(CC(C)=O)cc2Cl)cc1. The van der Waals surface area contributed by atoms with Crippen molar-refractivity contribution < 1.29 is 4.79 Å². The third kappa shape index (κ3) is 3.75. The van der Waals surface area contributed by atoms with E-state index in [2.05, 4.69) is 34.0 Å². The zero-order valence-corrected chi connectivity index (χ0v) is 16.0. The molecule has 0 unspecified atom stereocenters. The van der Waals surface area contributed by atoms with Crippen LogP contribution < -0.4 is 5.32 Å². The van der Waals surface area contributed by atoms with Crippen LogP contribution in [0.2, 0.25) is 5.02 Å². The normalized spacial score (nSPS) is 10.7. The highest BCUT2D eigenvalue weighted by Crippen LogP contribution is 2.36. The van der Waals surface area contributed by atoms with Gasteiger partial charge in [-0.25, -0.2) is 0 Å². The van der Waals surface area contributed by atoms with Crippen LogP contribution >= 0.6 is 23.1 Å². The van der Waals surface area contributed by atoms with Crippen molar-refractivity contribution in [2.45, 2.75) is 20.3 Å². The molecule has 3 aromatic rings. The fourth-order valence-corrected chi connectivity index (χ4v) is 4.07. The summed E-state index contributed by atoms with van der Waals surface area (Å²) < 4.78 is 4.42. The molecule has 3 rings (SSSR count). The zero-order chi connectivity index (χ0) is 18.0. The Morgan fingerprint density at radius 3 is 2.44 bits per heavy atom. The molecule has 0 aliphatic heterocycles. The van der Waals surface area contributed by atoms with Crippen LogP contribution in [0.25, 0.3) is 21.6 Å². The molecule has 5 heteroatoms. The average Bonchev–Trinajstić information content (AvgIpc) is 2.95. The predicted octanol–water partition coefficient (Wildman–Crippen LogP) is 5.61. The van der Waals surface area contributed by atoms with Crippen molar-refractivity contribution in [3.05, 3.63) is 58.7 Å². The third-order valence-electron chi connectivity index (χ3n) is 4.06. The standard InChI is InChI=1S/C20H19ClN2OS/c1-12(24)10-14-4-9-17(18(21)11-14)15-5-7-16(8-6-15)20-19(22-3)13(2)23-25-20/h4-9,11,22H,10H2,1-3H3. The Labute approximate surface area is 156 Å². The molecule has 1 heterocycles. The first-order valence-electron chi connectivity index (χ1n) is 8.02. The Morgan fingerprint density at radius 1 is 1.16 bits per heavy atom. The highest BCUT2D eigenvalue weighted by Gasteiger charge is 2.12. The molecule has 1 aromatic heterocycles. The molecule has 0 atom stereocenters. The van der Waals surface area contributed by atoms with E-state index in [4.69, 9.17) is 11.6 Å². The van der Waals surface area contributed by atoms with Crippen LogP contribution in [-0.2, 0) is 11.2 Å². The number of benzene rings is 2. The molecule has 0 radical (unpaired) electrons. The molecule has 2 aromatic carbocycles. The van der Waals surface area contributed by atoms with Crippen molar-refractivity contribution >= 4 is 34.6 Å². The summed E-state index contributed by atoms with van der Waals surface area (Å²) in [7, 11) is 1.91. The van der Waals surface area contributed by atoms with Crippen LogP contribution in [0, 0.1) is 6.92 Å². The number of halogens is 1. The van der Waals surface area contributed by atoms with Crippen molar-refractivity contribution in [2.75, 3.05) is 12.4 Å². The maximum absolute atomic E-state index is 11.3. The van der Waals surface area contributed by atoms with E-state index in [1.807, 2.05) is 32.2 Å². The summed E-state index contributed by atoms with van der Waals surface area (Å²) in [6.07, 6.45) is 0.413. The minimum Gasteiger partial charge on any atom is -0.385 e. The number of nitrogens with one attached hydrogen (secondary N) is 1. The summed E-state index contributed by atoms with van der Waals surface area (Å²) in [5.41, 5.74) is 6.17. The number of hydrogen-bond donors (Lipinski definition) is 1. The van der Waals surface area contributed by atoms with E-state index in [0.717, 1.165) is 38.5 Å². The van der Waals surface area contributed by atoms with Crippen LogP contribution in [0.4, 0.5) is 5.69 Å². The van der Waals surface area contributed by atoms with Gasteiger partial charge in [-0.05, 0) is 48.1 Å². The molecule has 0 spiro atoms. The molecule has 0 aliphatic rings. The molecule has 0 saturated heterocycles. The van der Waals surface area contributed by atoms with Gasteiger partial charge in [-0.2, -0.15) is 4.37 Å². The summed E-state index contributed by atoms with van der Waals surface area (Å²) in [5, 5.41) is 3.88. The van der Waals surface area contributed by atoms with Gasteiger partial charge in [0.25, 0.3) is 0 Å². The molecule has 0 bridgehead atoms. The maximum Gasteiger partial charge on any atom is 0.134 e. The van der Waals surface area contributed by atoms with Crippen LogP contribution in [0.1, 0.15) is 18.2 Å². The Bertz CT molecular complexity index is 916. The number of Topliss-reactive ketones (excluding diaryl/α,β-unsaturated/α-hetero) is 1. The Morgan fingerprint density at radius 2 is 1.84 bits per heavy atom. The largest absolute Gasteiger partial charge is 0.385 e. The first-order chi connectivity index (χ1) is 12.0. The van der Waals surface area contributed by atoms with Gasteiger partial charge < -0.3 is 5.32 Å². The first kappa shape index (κ1) is 17.6. The average molecular weight is 371 g/mol. The van der Waals surface area contributed by atoms with Gasteiger partial charge in [-0.3, -0.25) is 4.79 Å². The van der Waals surface area contributed by atoms with Gasteiger partial charge in [-0.1, -0.05) is 48.0 Å². The zero-order valence-electron chi connectivity index (χ0n) is 14.4. The number of carbonyl (C=O) groups excluding carboxylic acids is 1. The van der Waals surface area contributed by atoms with E-state index in [0.29, 0.717) is 11.4 Å². The highest BCUT2D eigenvalue weighted by atomic mass is 35.5. The Hall–Kier alpha value is -2.17. The van der Waals surface area contributed by atoms with Crippen LogP contribution in [-0.4, -0.2) is 17.2 Å². The minimum absolute atomic E-state index is 0.133. The quantitative estimate of drug-likeness (QED) is 0.634.